The highest BCUT2D eigenvalue weighted by atomic mass is 19.4. The Balaban J connectivity index is 1.75. The summed E-state index contributed by atoms with van der Waals surface area (Å²) < 4.78 is 39.5. The highest BCUT2D eigenvalue weighted by Gasteiger charge is 2.35. The smallest absolute Gasteiger partial charge is 0.388 e. The molecule has 2 aromatic rings. The van der Waals surface area contributed by atoms with E-state index in [2.05, 4.69) is 9.97 Å². The summed E-state index contributed by atoms with van der Waals surface area (Å²) in [6.07, 6.45) is -3.78. The van der Waals surface area contributed by atoms with E-state index < -0.39 is 18.0 Å². The molecule has 1 aliphatic heterocycles. The Hall–Kier alpha value is -2.35. The quantitative estimate of drug-likeness (QED) is 0.880. The maximum atomic E-state index is 13.2. The summed E-state index contributed by atoms with van der Waals surface area (Å²) in [6.45, 7) is 1.01. The molecule has 3 rings (SSSR count). The molecule has 0 aliphatic carbocycles. The first-order valence-electron chi connectivity index (χ1n) is 8.87. The molecular formula is C19H23F3N4O. The van der Waals surface area contributed by atoms with Crippen molar-refractivity contribution in [1.29, 1.82) is 0 Å². The van der Waals surface area contributed by atoms with Crippen LogP contribution in [0.3, 0.4) is 0 Å². The van der Waals surface area contributed by atoms with Gasteiger partial charge in [-0.05, 0) is 24.3 Å². The van der Waals surface area contributed by atoms with Gasteiger partial charge in [0.1, 0.15) is 5.82 Å². The first kappa shape index (κ1) is 19.4. The van der Waals surface area contributed by atoms with E-state index in [0.717, 1.165) is 11.6 Å². The zero-order chi connectivity index (χ0) is 19.6. The summed E-state index contributed by atoms with van der Waals surface area (Å²) in [7, 11) is 3.30. The van der Waals surface area contributed by atoms with E-state index >= 15 is 0 Å². The van der Waals surface area contributed by atoms with E-state index in [-0.39, 0.29) is 17.7 Å². The molecule has 8 heteroatoms. The lowest BCUT2D eigenvalue weighted by atomic mass is 9.87. The van der Waals surface area contributed by atoms with E-state index in [1.54, 1.807) is 19.0 Å². The number of benzene rings is 1. The SMILES string of the molecule is CN(C)c1cc(C(F)(F)F)nc(N2CCC(C(O)c3ccccc3)CC2)n1. The molecular weight excluding hydrogens is 357 g/mol. The lowest BCUT2D eigenvalue weighted by Gasteiger charge is -2.34. The van der Waals surface area contributed by atoms with Crippen LogP contribution in [0.1, 0.15) is 30.2 Å². The van der Waals surface area contributed by atoms with Crippen LogP contribution >= 0.6 is 0 Å². The molecule has 1 saturated heterocycles. The van der Waals surface area contributed by atoms with Crippen molar-refractivity contribution >= 4 is 11.8 Å². The summed E-state index contributed by atoms with van der Waals surface area (Å²) in [5.74, 6) is 0.364. The van der Waals surface area contributed by atoms with Crippen molar-refractivity contribution in [2.24, 2.45) is 5.92 Å². The molecule has 5 nitrogen and oxygen atoms in total. The van der Waals surface area contributed by atoms with Crippen LogP contribution in [0.25, 0.3) is 0 Å². The number of halogens is 3. The van der Waals surface area contributed by atoms with Gasteiger partial charge in [-0.15, -0.1) is 0 Å². The molecule has 1 aliphatic rings. The van der Waals surface area contributed by atoms with Gasteiger partial charge in [-0.1, -0.05) is 30.3 Å². The third-order valence-electron chi connectivity index (χ3n) is 4.86. The molecule has 1 aromatic heterocycles. The van der Waals surface area contributed by atoms with Gasteiger partial charge in [-0.3, -0.25) is 0 Å². The maximum absolute atomic E-state index is 13.2. The Bertz CT molecular complexity index is 759. The number of aliphatic hydroxyl groups is 1. The van der Waals surface area contributed by atoms with Crippen LogP contribution in [-0.2, 0) is 6.18 Å². The number of hydrogen-bond acceptors (Lipinski definition) is 5. The van der Waals surface area contributed by atoms with Crippen molar-refractivity contribution in [3.63, 3.8) is 0 Å². The van der Waals surface area contributed by atoms with Crippen LogP contribution in [0.2, 0.25) is 0 Å². The monoisotopic (exact) mass is 380 g/mol. The van der Waals surface area contributed by atoms with Gasteiger partial charge in [0.05, 0.1) is 6.10 Å². The average Bonchev–Trinajstić information content (AvgIpc) is 2.67. The van der Waals surface area contributed by atoms with E-state index in [4.69, 9.17) is 0 Å². The van der Waals surface area contributed by atoms with Crippen LogP contribution in [0.5, 0.6) is 0 Å². The van der Waals surface area contributed by atoms with E-state index in [9.17, 15) is 18.3 Å². The van der Waals surface area contributed by atoms with Gasteiger partial charge in [0.2, 0.25) is 5.95 Å². The molecule has 2 heterocycles. The third kappa shape index (κ3) is 4.50. The van der Waals surface area contributed by atoms with E-state index in [1.807, 2.05) is 30.3 Å². The van der Waals surface area contributed by atoms with E-state index in [1.165, 1.54) is 4.90 Å². The molecule has 27 heavy (non-hydrogen) atoms. The van der Waals surface area contributed by atoms with Gasteiger partial charge >= 0.3 is 6.18 Å². The maximum Gasteiger partial charge on any atom is 0.433 e. The molecule has 0 bridgehead atoms. The molecule has 0 saturated carbocycles. The summed E-state index contributed by atoms with van der Waals surface area (Å²) >= 11 is 0. The molecule has 1 fully saturated rings. The van der Waals surface area contributed by atoms with Crippen molar-refractivity contribution in [2.75, 3.05) is 37.0 Å². The summed E-state index contributed by atoms with van der Waals surface area (Å²) in [5, 5.41) is 10.6. The normalized spacial score (nSPS) is 17.0. The molecule has 146 valence electrons. The number of alkyl halides is 3. The highest BCUT2D eigenvalue weighted by Crippen LogP contribution is 2.34. The standard InChI is InChI=1S/C19H23F3N4O/c1-25(2)16-12-15(19(20,21)22)23-18(24-16)26-10-8-14(9-11-26)17(27)13-6-4-3-5-7-13/h3-7,12,14,17,27H,8-11H2,1-2H3. The molecule has 0 amide bonds. The predicted molar refractivity (Wildman–Crippen MR) is 97.7 cm³/mol. The largest absolute Gasteiger partial charge is 0.433 e. The Morgan fingerprint density at radius 3 is 2.30 bits per heavy atom. The number of aliphatic hydroxyl groups excluding tert-OH is 1. The zero-order valence-corrected chi connectivity index (χ0v) is 15.3. The number of hydrogen-bond donors (Lipinski definition) is 1. The number of anilines is 2. The fourth-order valence-electron chi connectivity index (χ4n) is 3.28. The molecule has 1 N–H and O–H groups in total. The zero-order valence-electron chi connectivity index (χ0n) is 15.3. The van der Waals surface area contributed by atoms with Crippen molar-refractivity contribution in [3.05, 3.63) is 47.7 Å². The molecule has 0 radical (unpaired) electrons. The topological polar surface area (TPSA) is 52.5 Å². The van der Waals surface area contributed by atoms with Gasteiger partial charge in [0.15, 0.2) is 5.69 Å². The summed E-state index contributed by atoms with van der Waals surface area (Å²) in [5.41, 5.74) is -0.0798. The second-order valence-electron chi connectivity index (χ2n) is 6.98. The lowest BCUT2D eigenvalue weighted by molar-refractivity contribution is -0.141. The Kier molecular flexibility index (Phi) is 5.55. The Morgan fingerprint density at radius 1 is 1.11 bits per heavy atom. The van der Waals surface area contributed by atoms with Gasteiger partial charge < -0.3 is 14.9 Å². The van der Waals surface area contributed by atoms with Crippen molar-refractivity contribution < 1.29 is 18.3 Å². The number of rotatable bonds is 4. The molecule has 1 unspecified atom stereocenters. The van der Waals surface area contributed by atoms with Crippen LogP contribution in [0, 0.1) is 5.92 Å². The fourth-order valence-corrected chi connectivity index (χ4v) is 3.28. The molecule has 1 aromatic carbocycles. The average molecular weight is 380 g/mol. The Morgan fingerprint density at radius 2 is 1.74 bits per heavy atom. The minimum absolute atomic E-state index is 0.0581. The van der Waals surface area contributed by atoms with E-state index in [0.29, 0.717) is 25.9 Å². The van der Waals surface area contributed by atoms with Crippen LogP contribution < -0.4 is 9.80 Å². The third-order valence-corrected chi connectivity index (χ3v) is 4.86. The van der Waals surface area contributed by atoms with Gasteiger partial charge in [0.25, 0.3) is 0 Å². The number of piperidine rings is 1. The first-order chi connectivity index (χ1) is 12.8. The minimum atomic E-state index is -4.52. The van der Waals surface area contributed by atoms with Crippen molar-refractivity contribution in [1.82, 2.24) is 9.97 Å². The van der Waals surface area contributed by atoms with Crippen molar-refractivity contribution in [3.8, 4) is 0 Å². The van der Waals surface area contributed by atoms with Crippen molar-refractivity contribution in [2.45, 2.75) is 25.1 Å². The predicted octanol–water partition coefficient (Wildman–Crippen LogP) is 3.51. The summed E-state index contributed by atoms with van der Waals surface area (Å²) in [4.78, 5) is 11.3. The molecule has 0 spiro atoms. The fraction of sp³-hybridized carbons (Fsp3) is 0.474. The highest BCUT2D eigenvalue weighted by molar-refractivity contribution is 5.45. The second kappa shape index (κ2) is 7.72. The van der Waals surface area contributed by atoms with Gasteiger partial charge in [-0.25, -0.2) is 4.98 Å². The first-order valence-corrected chi connectivity index (χ1v) is 8.87. The van der Waals surface area contributed by atoms with Gasteiger partial charge in [-0.2, -0.15) is 18.2 Å². The second-order valence-corrected chi connectivity index (χ2v) is 6.98. The number of aromatic nitrogens is 2. The van der Waals surface area contributed by atoms with Crippen LogP contribution in [0.15, 0.2) is 36.4 Å². The van der Waals surface area contributed by atoms with Crippen LogP contribution in [0.4, 0.5) is 24.9 Å². The van der Waals surface area contributed by atoms with Gasteiger partial charge in [0, 0.05) is 33.3 Å². The summed E-state index contributed by atoms with van der Waals surface area (Å²) in [6, 6.07) is 10.4. The lowest BCUT2D eigenvalue weighted by Crippen LogP contribution is -2.37. The molecule has 1 atom stereocenters. The van der Waals surface area contributed by atoms with Crippen LogP contribution in [-0.4, -0.2) is 42.3 Å². The minimum Gasteiger partial charge on any atom is -0.388 e. The number of nitrogens with zero attached hydrogens (tertiary/aromatic N) is 4. The Labute approximate surface area is 156 Å².